The van der Waals surface area contributed by atoms with Crippen molar-refractivity contribution < 1.29 is 28.9 Å². The van der Waals surface area contributed by atoms with Gasteiger partial charge in [0, 0.05) is 23.7 Å². The van der Waals surface area contributed by atoms with Crippen molar-refractivity contribution in [2.75, 3.05) is 13.2 Å². The number of halogens is 2. The van der Waals surface area contributed by atoms with Gasteiger partial charge in [-0.2, -0.15) is 0 Å². The van der Waals surface area contributed by atoms with Gasteiger partial charge in [0.1, 0.15) is 29.0 Å². The molecule has 0 aliphatic heterocycles. The molecule has 190 valence electrons. The molecular weight excluding hydrogens is 485 g/mol. The molecule has 0 fully saturated rings. The third-order valence-electron chi connectivity index (χ3n) is 6.52. The Kier molecular flexibility index (Phi) is 7.83. The van der Waals surface area contributed by atoms with Crippen LogP contribution in [0, 0.1) is 5.82 Å². The van der Waals surface area contributed by atoms with Gasteiger partial charge >= 0.3 is 5.97 Å². The SMILES string of the molecule is CCOc1cc(O[C@H]2CCc3c(-c4ccccc4F)cccc32)c(Cl)cc1CN[C@@](C)(CO)C(=O)O. The lowest BCUT2D eigenvalue weighted by Gasteiger charge is -2.25. The van der Waals surface area contributed by atoms with Crippen LogP contribution in [0.3, 0.4) is 0 Å². The van der Waals surface area contributed by atoms with Crippen molar-refractivity contribution in [2.45, 2.75) is 44.9 Å². The van der Waals surface area contributed by atoms with Crippen LogP contribution in [0.15, 0.2) is 54.6 Å². The van der Waals surface area contributed by atoms with Gasteiger partial charge in [-0.1, -0.05) is 48.0 Å². The second-order valence-corrected chi connectivity index (χ2v) is 9.38. The van der Waals surface area contributed by atoms with E-state index in [2.05, 4.69) is 5.32 Å². The van der Waals surface area contributed by atoms with E-state index in [1.165, 1.54) is 13.0 Å². The van der Waals surface area contributed by atoms with Crippen LogP contribution in [-0.2, 0) is 17.8 Å². The lowest BCUT2D eigenvalue weighted by molar-refractivity contribution is -0.145. The highest BCUT2D eigenvalue weighted by atomic mass is 35.5. The monoisotopic (exact) mass is 513 g/mol. The highest BCUT2D eigenvalue weighted by Crippen LogP contribution is 2.43. The minimum Gasteiger partial charge on any atom is -0.493 e. The number of ether oxygens (including phenoxy) is 2. The minimum absolute atomic E-state index is 0.122. The molecule has 3 aromatic rings. The molecule has 6 nitrogen and oxygen atoms in total. The Hall–Kier alpha value is -3.13. The van der Waals surface area contributed by atoms with Crippen molar-refractivity contribution in [3.8, 4) is 22.6 Å². The summed E-state index contributed by atoms with van der Waals surface area (Å²) in [5.74, 6) is -0.470. The predicted molar refractivity (Wildman–Crippen MR) is 136 cm³/mol. The number of aliphatic hydroxyl groups excluding tert-OH is 1. The number of carboxylic acid groups (broad SMARTS) is 1. The molecule has 0 saturated heterocycles. The first kappa shape index (κ1) is 25.9. The molecule has 3 N–H and O–H groups in total. The number of hydrogen-bond acceptors (Lipinski definition) is 5. The molecule has 1 aliphatic carbocycles. The van der Waals surface area contributed by atoms with E-state index in [0.29, 0.717) is 34.3 Å². The molecule has 4 rings (SSSR count). The summed E-state index contributed by atoms with van der Waals surface area (Å²) < 4.78 is 26.6. The van der Waals surface area contributed by atoms with E-state index in [1.54, 1.807) is 24.3 Å². The average molecular weight is 514 g/mol. The van der Waals surface area contributed by atoms with Gasteiger partial charge in [-0.25, -0.2) is 4.39 Å². The van der Waals surface area contributed by atoms with Crippen molar-refractivity contribution in [2.24, 2.45) is 0 Å². The lowest BCUT2D eigenvalue weighted by Crippen LogP contribution is -2.52. The standard InChI is InChI=1S/C28H29ClFNO5/c1-3-35-25-14-26(22(29)13-17(25)15-31-28(2,16-32)27(33)34)36-24-12-11-19-18(8-6-9-21(19)24)20-7-4-5-10-23(20)30/h4-10,13-14,24,31-32H,3,11-12,15-16H2,1-2H3,(H,33,34)/t24-,28-/m0/s1. The maximum absolute atomic E-state index is 14.5. The van der Waals surface area contributed by atoms with Gasteiger partial charge in [-0.3, -0.25) is 10.1 Å². The molecule has 0 unspecified atom stereocenters. The van der Waals surface area contributed by atoms with Gasteiger partial charge in [0.05, 0.1) is 18.2 Å². The van der Waals surface area contributed by atoms with E-state index in [0.717, 1.165) is 29.5 Å². The van der Waals surface area contributed by atoms with E-state index in [1.807, 2.05) is 31.2 Å². The summed E-state index contributed by atoms with van der Waals surface area (Å²) in [4.78, 5) is 11.5. The van der Waals surface area contributed by atoms with Crippen LogP contribution in [-0.4, -0.2) is 34.9 Å². The summed E-state index contributed by atoms with van der Waals surface area (Å²) >= 11 is 6.58. The van der Waals surface area contributed by atoms with Gasteiger partial charge in [0.2, 0.25) is 0 Å². The highest BCUT2D eigenvalue weighted by molar-refractivity contribution is 6.32. The molecule has 1 aliphatic rings. The second kappa shape index (κ2) is 10.9. The topological polar surface area (TPSA) is 88.0 Å². The van der Waals surface area contributed by atoms with E-state index in [4.69, 9.17) is 21.1 Å². The fourth-order valence-electron chi connectivity index (χ4n) is 4.41. The Balaban J connectivity index is 1.60. The Bertz CT molecular complexity index is 1270. The van der Waals surface area contributed by atoms with Crippen LogP contribution in [0.2, 0.25) is 5.02 Å². The number of fused-ring (bicyclic) bond motifs is 1. The first-order valence-electron chi connectivity index (χ1n) is 11.8. The molecule has 3 aromatic carbocycles. The molecule has 0 amide bonds. The minimum atomic E-state index is -1.51. The Labute approximate surface area is 214 Å². The Morgan fingerprint density at radius 1 is 1.17 bits per heavy atom. The maximum Gasteiger partial charge on any atom is 0.326 e. The number of aliphatic carboxylic acids is 1. The molecule has 36 heavy (non-hydrogen) atoms. The van der Waals surface area contributed by atoms with Gasteiger partial charge in [0.15, 0.2) is 0 Å². The summed E-state index contributed by atoms with van der Waals surface area (Å²) in [6.45, 7) is 3.19. The Morgan fingerprint density at radius 2 is 1.92 bits per heavy atom. The van der Waals surface area contributed by atoms with Gasteiger partial charge in [-0.05, 0) is 55.5 Å². The first-order valence-corrected chi connectivity index (χ1v) is 12.2. The molecule has 0 bridgehead atoms. The highest BCUT2D eigenvalue weighted by Gasteiger charge is 2.32. The van der Waals surface area contributed by atoms with Crippen LogP contribution >= 0.6 is 11.6 Å². The molecule has 0 radical (unpaired) electrons. The normalized spacial score (nSPS) is 16.3. The summed E-state index contributed by atoms with van der Waals surface area (Å²) in [7, 11) is 0. The van der Waals surface area contributed by atoms with Crippen LogP contribution in [0.5, 0.6) is 11.5 Å². The van der Waals surface area contributed by atoms with E-state index < -0.39 is 18.1 Å². The number of nitrogens with one attached hydrogen (secondary N) is 1. The second-order valence-electron chi connectivity index (χ2n) is 8.97. The molecule has 0 aromatic heterocycles. The van der Waals surface area contributed by atoms with E-state index in [9.17, 15) is 19.4 Å². The first-order chi connectivity index (χ1) is 17.3. The van der Waals surface area contributed by atoms with Crippen molar-refractivity contribution in [3.05, 3.63) is 82.1 Å². The van der Waals surface area contributed by atoms with Gasteiger partial charge in [0.25, 0.3) is 0 Å². The van der Waals surface area contributed by atoms with Crippen LogP contribution in [0.1, 0.15) is 43.1 Å². The van der Waals surface area contributed by atoms with Crippen LogP contribution in [0.4, 0.5) is 4.39 Å². The van der Waals surface area contributed by atoms with E-state index in [-0.39, 0.29) is 18.5 Å². The van der Waals surface area contributed by atoms with Crippen molar-refractivity contribution in [3.63, 3.8) is 0 Å². The molecular formula is C28H29ClFNO5. The molecule has 0 heterocycles. The summed E-state index contributed by atoms with van der Waals surface area (Å²) in [6, 6.07) is 16.0. The zero-order valence-corrected chi connectivity index (χ0v) is 20.9. The molecule has 0 spiro atoms. The molecule has 8 heteroatoms. The van der Waals surface area contributed by atoms with E-state index >= 15 is 0 Å². The number of carbonyl (C=O) groups is 1. The fraction of sp³-hybridized carbons (Fsp3) is 0.321. The van der Waals surface area contributed by atoms with Crippen molar-refractivity contribution >= 4 is 17.6 Å². The number of benzene rings is 3. The van der Waals surface area contributed by atoms with Crippen molar-refractivity contribution in [1.29, 1.82) is 0 Å². The van der Waals surface area contributed by atoms with Gasteiger partial charge < -0.3 is 19.7 Å². The average Bonchev–Trinajstić information content (AvgIpc) is 3.28. The van der Waals surface area contributed by atoms with Crippen molar-refractivity contribution in [1.82, 2.24) is 5.32 Å². The van der Waals surface area contributed by atoms with Gasteiger partial charge in [-0.15, -0.1) is 0 Å². The third kappa shape index (κ3) is 5.19. The summed E-state index contributed by atoms with van der Waals surface area (Å²) in [6.07, 6.45) is 1.21. The molecule has 2 atom stereocenters. The zero-order valence-electron chi connectivity index (χ0n) is 20.2. The summed E-state index contributed by atoms with van der Waals surface area (Å²) in [5, 5.41) is 22.1. The molecule has 0 saturated carbocycles. The lowest BCUT2D eigenvalue weighted by atomic mass is 9.96. The smallest absolute Gasteiger partial charge is 0.326 e. The quantitative estimate of drug-likeness (QED) is 0.330. The number of carboxylic acids is 1. The zero-order chi connectivity index (χ0) is 25.9. The summed E-state index contributed by atoms with van der Waals surface area (Å²) in [5.41, 5.74) is 2.63. The number of aliphatic hydroxyl groups is 1. The number of hydrogen-bond donors (Lipinski definition) is 3. The predicted octanol–water partition coefficient (Wildman–Crippen LogP) is 5.54. The maximum atomic E-state index is 14.5. The Morgan fingerprint density at radius 3 is 2.61 bits per heavy atom. The fourth-order valence-corrected chi connectivity index (χ4v) is 4.64. The largest absolute Gasteiger partial charge is 0.493 e. The van der Waals surface area contributed by atoms with Crippen LogP contribution in [0.25, 0.3) is 11.1 Å². The van der Waals surface area contributed by atoms with Crippen LogP contribution < -0.4 is 14.8 Å². The third-order valence-corrected chi connectivity index (χ3v) is 6.82. The number of rotatable bonds is 10.